The number of carbonyl (C=O) groups excluding carboxylic acids is 2. The van der Waals surface area contributed by atoms with Gasteiger partial charge in [0.15, 0.2) is 0 Å². The molecule has 3 N–H and O–H groups in total. The SMILES string of the molecule is CC(C(=O)NCc1ccc(C(=O)N2CCCCC2)cc1)C(N)c1ccccc1.Cl. The smallest absolute Gasteiger partial charge is 0.253 e. The first-order valence-corrected chi connectivity index (χ1v) is 10.0. The number of hydrogen-bond acceptors (Lipinski definition) is 3. The van der Waals surface area contributed by atoms with Crippen molar-refractivity contribution in [2.75, 3.05) is 13.1 Å². The average molecular weight is 416 g/mol. The molecule has 2 aromatic rings. The van der Waals surface area contributed by atoms with Gasteiger partial charge in [0.2, 0.25) is 5.91 Å². The van der Waals surface area contributed by atoms with E-state index in [9.17, 15) is 9.59 Å². The Kier molecular flexibility index (Phi) is 8.68. The zero-order valence-corrected chi connectivity index (χ0v) is 17.7. The first-order valence-electron chi connectivity index (χ1n) is 10.0. The van der Waals surface area contributed by atoms with Crippen molar-refractivity contribution in [1.82, 2.24) is 10.2 Å². The Morgan fingerprint density at radius 3 is 2.24 bits per heavy atom. The van der Waals surface area contributed by atoms with E-state index < -0.39 is 0 Å². The predicted octanol–water partition coefficient (Wildman–Crippen LogP) is 3.69. The highest BCUT2D eigenvalue weighted by Gasteiger charge is 2.22. The molecule has 0 aromatic heterocycles. The quantitative estimate of drug-likeness (QED) is 0.755. The molecule has 156 valence electrons. The zero-order valence-electron chi connectivity index (χ0n) is 16.8. The molecule has 0 radical (unpaired) electrons. The van der Waals surface area contributed by atoms with Crippen molar-refractivity contribution in [2.45, 2.75) is 38.8 Å². The number of hydrogen-bond donors (Lipinski definition) is 2. The van der Waals surface area contributed by atoms with Gasteiger partial charge in [-0.15, -0.1) is 12.4 Å². The van der Waals surface area contributed by atoms with Crippen LogP contribution in [0.4, 0.5) is 0 Å². The second-order valence-corrected chi connectivity index (χ2v) is 7.49. The lowest BCUT2D eigenvalue weighted by atomic mass is 9.94. The molecule has 2 amide bonds. The molecule has 1 saturated heterocycles. The van der Waals surface area contributed by atoms with Crippen molar-refractivity contribution in [3.63, 3.8) is 0 Å². The number of rotatable bonds is 6. The molecule has 1 fully saturated rings. The molecule has 29 heavy (non-hydrogen) atoms. The van der Waals surface area contributed by atoms with Crippen molar-refractivity contribution in [1.29, 1.82) is 0 Å². The zero-order chi connectivity index (χ0) is 19.9. The van der Waals surface area contributed by atoms with Crippen LogP contribution < -0.4 is 11.1 Å². The molecule has 0 aliphatic carbocycles. The van der Waals surface area contributed by atoms with E-state index in [2.05, 4.69) is 5.32 Å². The molecule has 0 spiro atoms. The van der Waals surface area contributed by atoms with Gasteiger partial charge in [-0.1, -0.05) is 49.4 Å². The lowest BCUT2D eigenvalue weighted by Gasteiger charge is -2.26. The van der Waals surface area contributed by atoms with Gasteiger partial charge in [-0.05, 0) is 42.5 Å². The van der Waals surface area contributed by atoms with Crippen LogP contribution in [0.2, 0.25) is 0 Å². The van der Waals surface area contributed by atoms with Crippen LogP contribution in [0.5, 0.6) is 0 Å². The average Bonchev–Trinajstić information content (AvgIpc) is 2.77. The Labute approximate surface area is 179 Å². The number of piperidine rings is 1. The van der Waals surface area contributed by atoms with E-state index in [-0.39, 0.29) is 36.2 Å². The van der Waals surface area contributed by atoms with Gasteiger partial charge in [0, 0.05) is 31.2 Å². The van der Waals surface area contributed by atoms with Crippen LogP contribution in [0.25, 0.3) is 0 Å². The normalized spacial score (nSPS) is 15.7. The molecular weight excluding hydrogens is 386 g/mol. The summed E-state index contributed by atoms with van der Waals surface area (Å²) < 4.78 is 0. The van der Waals surface area contributed by atoms with E-state index in [4.69, 9.17) is 5.73 Å². The maximum absolute atomic E-state index is 12.5. The summed E-state index contributed by atoms with van der Waals surface area (Å²) in [7, 11) is 0. The van der Waals surface area contributed by atoms with Crippen LogP contribution in [0.15, 0.2) is 54.6 Å². The van der Waals surface area contributed by atoms with E-state index in [0.717, 1.165) is 37.1 Å². The molecule has 1 heterocycles. The third-order valence-electron chi connectivity index (χ3n) is 5.45. The summed E-state index contributed by atoms with van der Waals surface area (Å²) in [5, 5.41) is 2.95. The van der Waals surface area contributed by atoms with Gasteiger partial charge in [0.1, 0.15) is 0 Å². The number of likely N-dealkylation sites (tertiary alicyclic amines) is 1. The molecule has 5 nitrogen and oxygen atoms in total. The second-order valence-electron chi connectivity index (χ2n) is 7.49. The molecule has 2 unspecified atom stereocenters. The minimum atomic E-state index is -0.342. The summed E-state index contributed by atoms with van der Waals surface area (Å²) in [4.78, 5) is 26.9. The fraction of sp³-hybridized carbons (Fsp3) is 0.391. The molecule has 6 heteroatoms. The minimum absolute atomic E-state index is 0. The number of halogens is 1. The van der Waals surface area contributed by atoms with Crippen molar-refractivity contribution in [2.24, 2.45) is 11.7 Å². The summed E-state index contributed by atoms with van der Waals surface area (Å²) in [5.74, 6) is -0.315. The molecule has 2 atom stereocenters. The van der Waals surface area contributed by atoms with Gasteiger partial charge in [-0.3, -0.25) is 9.59 Å². The van der Waals surface area contributed by atoms with E-state index >= 15 is 0 Å². The summed E-state index contributed by atoms with van der Waals surface area (Å²) >= 11 is 0. The maximum Gasteiger partial charge on any atom is 0.253 e. The molecule has 0 saturated carbocycles. The Morgan fingerprint density at radius 2 is 1.62 bits per heavy atom. The fourth-order valence-corrected chi connectivity index (χ4v) is 3.52. The highest BCUT2D eigenvalue weighted by Crippen LogP contribution is 2.19. The van der Waals surface area contributed by atoms with Crippen molar-refractivity contribution in [3.05, 3.63) is 71.3 Å². The monoisotopic (exact) mass is 415 g/mol. The van der Waals surface area contributed by atoms with Crippen LogP contribution in [0, 0.1) is 5.92 Å². The minimum Gasteiger partial charge on any atom is -0.352 e. The van der Waals surface area contributed by atoms with Crippen molar-refractivity contribution >= 4 is 24.2 Å². The highest BCUT2D eigenvalue weighted by atomic mass is 35.5. The molecule has 2 aromatic carbocycles. The topological polar surface area (TPSA) is 75.4 Å². The van der Waals surface area contributed by atoms with Crippen LogP contribution in [0.1, 0.15) is 53.7 Å². The molecule has 3 rings (SSSR count). The third-order valence-corrected chi connectivity index (χ3v) is 5.45. The van der Waals surface area contributed by atoms with E-state index in [1.54, 1.807) is 0 Å². The molecular formula is C23H30ClN3O2. The Bertz CT molecular complexity index is 790. The van der Waals surface area contributed by atoms with Gasteiger partial charge in [-0.2, -0.15) is 0 Å². The summed E-state index contributed by atoms with van der Waals surface area (Å²) in [6.07, 6.45) is 3.37. The largest absolute Gasteiger partial charge is 0.352 e. The standard InChI is InChI=1S/C23H29N3O2.ClH/c1-17(21(24)19-8-4-2-5-9-19)22(27)25-16-18-10-12-20(13-11-18)23(28)26-14-6-3-7-15-26;/h2,4-5,8-13,17,21H,3,6-7,14-16,24H2,1H3,(H,25,27);1H. The van der Waals surface area contributed by atoms with Crippen LogP contribution in [0.3, 0.4) is 0 Å². The van der Waals surface area contributed by atoms with Gasteiger partial charge < -0.3 is 16.0 Å². The lowest BCUT2D eigenvalue weighted by molar-refractivity contribution is -0.125. The molecule has 1 aliphatic heterocycles. The number of nitrogens with one attached hydrogen (secondary N) is 1. The van der Waals surface area contributed by atoms with Crippen LogP contribution >= 0.6 is 12.4 Å². The first kappa shape index (κ1) is 22.9. The molecule has 0 bridgehead atoms. The number of nitrogens with zero attached hydrogens (tertiary/aromatic N) is 1. The second kappa shape index (κ2) is 11.0. The summed E-state index contributed by atoms with van der Waals surface area (Å²) in [6, 6.07) is 16.8. The van der Waals surface area contributed by atoms with Gasteiger partial charge in [0.05, 0.1) is 5.92 Å². The van der Waals surface area contributed by atoms with E-state index in [1.807, 2.05) is 66.4 Å². The number of benzene rings is 2. The fourth-order valence-electron chi connectivity index (χ4n) is 3.52. The lowest BCUT2D eigenvalue weighted by Crippen LogP contribution is -2.35. The van der Waals surface area contributed by atoms with E-state index in [0.29, 0.717) is 12.1 Å². The third kappa shape index (κ3) is 6.05. The van der Waals surface area contributed by atoms with Gasteiger partial charge >= 0.3 is 0 Å². The number of carbonyl (C=O) groups is 2. The van der Waals surface area contributed by atoms with Gasteiger partial charge in [0.25, 0.3) is 5.91 Å². The first-order chi connectivity index (χ1) is 13.6. The van der Waals surface area contributed by atoms with Crippen molar-refractivity contribution in [3.8, 4) is 0 Å². The van der Waals surface area contributed by atoms with Crippen LogP contribution in [-0.4, -0.2) is 29.8 Å². The van der Waals surface area contributed by atoms with Crippen LogP contribution in [-0.2, 0) is 11.3 Å². The Hall–Kier alpha value is -2.37. The summed E-state index contributed by atoms with van der Waals surface area (Å²) in [6.45, 7) is 3.95. The van der Waals surface area contributed by atoms with Gasteiger partial charge in [-0.25, -0.2) is 0 Å². The number of nitrogens with two attached hydrogens (primary N) is 1. The highest BCUT2D eigenvalue weighted by molar-refractivity contribution is 5.94. The predicted molar refractivity (Wildman–Crippen MR) is 118 cm³/mol. The number of amides is 2. The van der Waals surface area contributed by atoms with E-state index in [1.165, 1.54) is 6.42 Å². The Morgan fingerprint density at radius 1 is 1.00 bits per heavy atom. The summed E-state index contributed by atoms with van der Waals surface area (Å²) in [5.41, 5.74) is 8.85. The molecule has 1 aliphatic rings. The maximum atomic E-state index is 12.5. The van der Waals surface area contributed by atoms with Crippen molar-refractivity contribution < 1.29 is 9.59 Å². The Balaban J connectivity index is 0.00000300.